The first-order valence-electron chi connectivity index (χ1n) is 9.04. The molecule has 2 heterocycles. The Morgan fingerprint density at radius 2 is 2.07 bits per heavy atom. The van der Waals surface area contributed by atoms with Gasteiger partial charge in [0.1, 0.15) is 5.15 Å². The minimum Gasteiger partial charge on any atom is -0.376 e. The third-order valence-corrected chi connectivity index (χ3v) is 5.09. The van der Waals surface area contributed by atoms with E-state index in [1.54, 1.807) is 37.3 Å². The van der Waals surface area contributed by atoms with E-state index in [1.165, 1.54) is 0 Å². The van der Waals surface area contributed by atoms with Crippen LogP contribution in [0, 0.1) is 6.92 Å². The predicted octanol–water partition coefficient (Wildman–Crippen LogP) is 3.79. The number of benzene rings is 1. The molecule has 1 saturated heterocycles. The molecule has 0 radical (unpaired) electrons. The summed E-state index contributed by atoms with van der Waals surface area (Å²) in [5.41, 5.74) is 1.93. The molecule has 1 aliphatic heterocycles. The molecule has 1 unspecified atom stereocenters. The standard InChI is InChI=1S/C20H21Cl2N3O3/c1-12-9-16(21)15(19(22)24-12)10-18(26)25-17-7-3-2-6-14(17)20(27)23-11-13-5-4-8-28-13/h2-3,6-7,9,13H,4-5,8,10-11H2,1H3,(H,23,27)(H,25,26). The largest absolute Gasteiger partial charge is 0.376 e. The molecule has 1 aliphatic rings. The lowest BCUT2D eigenvalue weighted by Crippen LogP contribution is -2.32. The highest BCUT2D eigenvalue weighted by atomic mass is 35.5. The van der Waals surface area contributed by atoms with E-state index < -0.39 is 0 Å². The Labute approximate surface area is 173 Å². The van der Waals surface area contributed by atoms with Crippen LogP contribution in [0.15, 0.2) is 30.3 Å². The second-order valence-electron chi connectivity index (χ2n) is 6.63. The SMILES string of the molecule is Cc1cc(Cl)c(CC(=O)Nc2ccccc2C(=O)NCC2CCCO2)c(Cl)n1. The molecule has 2 amide bonds. The molecule has 8 heteroatoms. The van der Waals surface area contributed by atoms with Crippen LogP contribution in [-0.2, 0) is 16.0 Å². The molecule has 0 saturated carbocycles. The zero-order chi connectivity index (χ0) is 20.1. The Hall–Kier alpha value is -2.15. The van der Waals surface area contributed by atoms with E-state index in [9.17, 15) is 9.59 Å². The second kappa shape index (κ2) is 9.37. The number of rotatable bonds is 6. The van der Waals surface area contributed by atoms with Crippen LogP contribution in [0.2, 0.25) is 10.2 Å². The number of halogens is 2. The fourth-order valence-electron chi connectivity index (χ4n) is 3.03. The second-order valence-corrected chi connectivity index (χ2v) is 7.40. The number of aryl methyl sites for hydroxylation is 1. The van der Waals surface area contributed by atoms with E-state index in [4.69, 9.17) is 27.9 Å². The summed E-state index contributed by atoms with van der Waals surface area (Å²) in [6, 6.07) is 8.49. The average molecular weight is 422 g/mol. The van der Waals surface area contributed by atoms with Gasteiger partial charge in [-0.05, 0) is 38.0 Å². The summed E-state index contributed by atoms with van der Waals surface area (Å²) in [6.45, 7) is 2.95. The van der Waals surface area contributed by atoms with Gasteiger partial charge in [0, 0.05) is 29.4 Å². The summed E-state index contributed by atoms with van der Waals surface area (Å²) in [5, 5.41) is 6.20. The van der Waals surface area contributed by atoms with Crippen LogP contribution in [0.3, 0.4) is 0 Å². The van der Waals surface area contributed by atoms with Gasteiger partial charge in [-0.15, -0.1) is 0 Å². The molecular formula is C20H21Cl2N3O3. The van der Waals surface area contributed by atoms with Gasteiger partial charge in [-0.2, -0.15) is 0 Å². The molecular weight excluding hydrogens is 401 g/mol. The van der Waals surface area contributed by atoms with E-state index in [1.807, 2.05) is 0 Å². The molecule has 1 aromatic carbocycles. The number of ether oxygens (including phenoxy) is 1. The molecule has 0 aliphatic carbocycles. The van der Waals surface area contributed by atoms with Crippen molar-refractivity contribution in [3.8, 4) is 0 Å². The lowest BCUT2D eigenvalue weighted by Gasteiger charge is -2.14. The van der Waals surface area contributed by atoms with Crippen LogP contribution < -0.4 is 10.6 Å². The summed E-state index contributed by atoms with van der Waals surface area (Å²) in [4.78, 5) is 29.2. The van der Waals surface area contributed by atoms with Gasteiger partial charge in [0.25, 0.3) is 5.91 Å². The molecule has 6 nitrogen and oxygen atoms in total. The number of nitrogens with zero attached hydrogens (tertiary/aromatic N) is 1. The summed E-state index contributed by atoms with van der Waals surface area (Å²) >= 11 is 12.3. The van der Waals surface area contributed by atoms with Crippen molar-refractivity contribution in [1.29, 1.82) is 0 Å². The molecule has 1 fully saturated rings. The summed E-state index contributed by atoms with van der Waals surface area (Å²) in [5.74, 6) is -0.603. The number of hydrogen-bond donors (Lipinski definition) is 2. The molecule has 3 rings (SSSR count). The number of carbonyl (C=O) groups is 2. The van der Waals surface area contributed by atoms with Crippen LogP contribution in [0.4, 0.5) is 5.69 Å². The smallest absolute Gasteiger partial charge is 0.253 e. The highest BCUT2D eigenvalue weighted by Gasteiger charge is 2.19. The lowest BCUT2D eigenvalue weighted by molar-refractivity contribution is -0.115. The quantitative estimate of drug-likeness (QED) is 0.695. The zero-order valence-corrected chi connectivity index (χ0v) is 16.9. The molecule has 1 aromatic heterocycles. The number of pyridine rings is 1. The summed E-state index contributed by atoms with van der Waals surface area (Å²) in [6.07, 6.45) is 1.94. The molecule has 28 heavy (non-hydrogen) atoms. The first-order valence-corrected chi connectivity index (χ1v) is 9.80. The fourth-order valence-corrected chi connectivity index (χ4v) is 3.70. The van der Waals surface area contributed by atoms with Gasteiger partial charge in [-0.1, -0.05) is 35.3 Å². The Morgan fingerprint density at radius 3 is 2.79 bits per heavy atom. The van der Waals surface area contributed by atoms with Crippen molar-refractivity contribution in [2.24, 2.45) is 0 Å². The van der Waals surface area contributed by atoms with Crippen molar-refractivity contribution in [1.82, 2.24) is 10.3 Å². The maximum atomic E-state index is 12.5. The van der Waals surface area contributed by atoms with Crippen molar-refractivity contribution in [2.45, 2.75) is 32.3 Å². The molecule has 0 bridgehead atoms. The summed E-state index contributed by atoms with van der Waals surface area (Å²) in [7, 11) is 0. The molecule has 1 atom stereocenters. The van der Waals surface area contributed by atoms with Crippen molar-refractivity contribution < 1.29 is 14.3 Å². The maximum absolute atomic E-state index is 12.5. The topological polar surface area (TPSA) is 80.3 Å². The van der Waals surface area contributed by atoms with Crippen LogP contribution >= 0.6 is 23.2 Å². The normalized spacial score (nSPS) is 16.0. The van der Waals surface area contributed by atoms with E-state index in [0.29, 0.717) is 34.1 Å². The first-order chi connectivity index (χ1) is 13.4. The van der Waals surface area contributed by atoms with Gasteiger partial charge in [0.15, 0.2) is 0 Å². The molecule has 148 valence electrons. The number of para-hydroxylation sites is 1. The maximum Gasteiger partial charge on any atom is 0.253 e. The average Bonchev–Trinajstić information content (AvgIpc) is 3.17. The van der Waals surface area contributed by atoms with Gasteiger partial charge in [0.05, 0.1) is 23.8 Å². The Kier molecular flexibility index (Phi) is 6.88. The Bertz CT molecular complexity index is 860. The number of anilines is 1. The molecule has 2 N–H and O–H groups in total. The third kappa shape index (κ3) is 5.22. The van der Waals surface area contributed by atoms with Crippen LogP contribution in [0.25, 0.3) is 0 Å². The van der Waals surface area contributed by atoms with Crippen LogP contribution in [0.5, 0.6) is 0 Å². The van der Waals surface area contributed by atoms with Gasteiger partial charge >= 0.3 is 0 Å². The fraction of sp³-hybridized carbons (Fsp3) is 0.350. The van der Waals surface area contributed by atoms with E-state index in [0.717, 1.165) is 19.4 Å². The Balaban J connectivity index is 1.67. The van der Waals surface area contributed by atoms with Crippen molar-refractivity contribution in [3.63, 3.8) is 0 Å². The molecule has 2 aromatic rings. The van der Waals surface area contributed by atoms with Gasteiger partial charge < -0.3 is 15.4 Å². The van der Waals surface area contributed by atoms with Gasteiger partial charge in [-0.25, -0.2) is 4.98 Å². The Morgan fingerprint density at radius 1 is 1.29 bits per heavy atom. The van der Waals surface area contributed by atoms with Gasteiger partial charge in [-0.3, -0.25) is 9.59 Å². The van der Waals surface area contributed by atoms with Gasteiger partial charge in [0.2, 0.25) is 5.91 Å². The summed E-state index contributed by atoms with van der Waals surface area (Å²) < 4.78 is 5.52. The first kappa shape index (κ1) is 20.6. The minimum absolute atomic E-state index is 0.0448. The third-order valence-electron chi connectivity index (χ3n) is 4.44. The number of amides is 2. The highest BCUT2D eigenvalue weighted by Crippen LogP contribution is 2.25. The van der Waals surface area contributed by atoms with Crippen LogP contribution in [0.1, 0.15) is 34.5 Å². The van der Waals surface area contributed by atoms with Crippen LogP contribution in [-0.4, -0.2) is 36.1 Å². The van der Waals surface area contributed by atoms with E-state index in [-0.39, 0.29) is 29.5 Å². The highest BCUT2D eigenvalue weighted by molar-refractivity contribution is 6.35. The monoisotopic (exact) mass is 421 g/mol. The number of carbonyl (C=O) groups excluding carboxylic acids is 2. The van der Waals surface area contributed by atoms with Crippen molar-refractivity contribution in [2.75, 3.05) is 18.5 Å². The minimum atomic E-state index is -0.339. The van der Waals surface area contributed by atoms with E-state index >= 15 is 0 Å². The van der Waals surface area contributed by atoms with Crippen molar-refractivity contribution in [3.05, 3.63) is 57.3 Å². The molecule has 0 spiro atoms. The lowest BCUT2D eigenvalue weighted by atomic mass is 10.1. The predicted molar refractivity (Wildman–Crippen MR) is 109 cm³/mol. The zero-order valence-electron chi connectivity index (χ0n) is 15.4. The van der Waals surface area contributed by atoms with Crippen molar-refractivity contribution >= 4 is 40.7 Å². The number of nitrogens with one attached hydrogen (secondary N) is 2. The number of aromatic nitrogens is 1. The number of hydrogen-bond acceptors (Lipinski definition) is 4. The van der Waals surface area contributed by atoms with E-state index in [2.05, 4.69) is 15.6 Å².